The second-order valence-corrected chi connectivity index (χ2v) is 3.97. The van der Waals surface area contributed by atoms with Crippen LogP contribution in [0.5, 0.6) is 0 Å². The van der Waals surface area contributed by atoms with Crippen LogP contribution in [0.3, 0.4) is 0 Å². The van der Waals surface area contributed by atoms with E-state index in [0.717, 1.165) is 12.2 Å². The Balaban J connectivity index is 2.36. The fourth-order valence-electron chi connectivity index (χ4n) is 0.938. The van der Waals surface area contributed by atoms with Crippen LogP contribution in [0.15, 0.2) is 41.3 Å². The van der Waals surface area contributed by atoms with Gasteiger partial charge in [0.2, 0.25) is 0 Å². The van der Waals surface area contributed by atoms with Gasteiger partial charge in [-0.25, -0.2) is 0 Å². The molecule has 0 saturated carbocycles. The molecule has 0 aliphatic heterocycles. The summed E-state index contributed by atoms with van der Waals surface area (Å²) >= 11 is 1.88. The van der Waals surface area contributed by atoms with Crippen molar-refractivity contribution < 1.29 is 0 Å². The normalized spacial score (nSPS) is 11.7. The molecule has 1 aromatic rings. The molecule has 0 amide bonds. The van der Waals surface area contributed by atoms with Crippen molar-refractivity contribution in [3.8, 4) is 0 Å². The molecule has 0 N–H and O–H groups in total. The quantitative estimate of drug-likeness (QED) is 0.687. The van der Waals surface area contributed by atoms with Crippen LogP contribution in [0, 0.1) is 0 Å². The van der Waals surface area contributed by atoms with E-state index in [1.54, 1.807) is 0 Å². The Morgan fingerprint density at radius 3 is 2.62 bits per heavy atom. The summed E-state index contributed by atoms with van der Waals surface area (Å²) in [5, 5.41) is 2.26. The molecular weight excluding hydrogens is 176 g/mol. The molecule has 0 heterocycles. The molecule has 0 nitrogen and oxygen atoms in total. The van der Waals surface area contributed by atoms with E-state index < -0.39 is 0 Å². The zero-order valence-electron chi connectivity index (χ0n) is 8.29. The molecule has 0 aromatic heterocycles. The Kier molecular flexibility index (Phi) is 4.69. The first-order valence-electron chi connectivity index (χ1n) is 4.64. The van der Waals surface area contributed by atoms with Gasteiger partial charge in [0.25, 0.3) is 0 Å². The van der Waals surface area contributed by atoms with Crippen molar-refractivity contribution in [3.63, 3.8) is 0 Å². The highest BCUT2D eigenvalue weighted by atomic mass is 32.2. The molecule has 1 rings (SSSR count). The van der Waals surface area contributed by atoms with Crippen LogP contribution in [0.2, 0.25) is 0 Å². The second kappa shape index (κ2) is 5.87. The third-order valence-electron chi connectivity index (χ3n) is 1.94. The molecule has 1 aromatic carbocycles. The van der Waals surface area contributed by atoms with Crippen LogP contribution < -0.4 is 0 Å². The summed E-state index contributed by atoms with van der Waals surface area (Å²) in [6.07, 6.45) is 1.15. The fourth-order valence-corrected chi connectivity index (χ4v) is 1.86. The van der Waals surface area contributed by atoms with Crippen LogP contribution >= 0.6 is 11.8 Å². The van der Waals surface area contributed by atoms with Crippen molar-refractivity contribution in [1.29, 1.82) is 0 Å². The molecule has 0 aliphatic carbocycles. The molecule has 0 atom stereocenters. The average molecular weight is 192 g/mol. The lowest BCUT2D eigenvalue weighted by molar-refractivity contribution is 1.11. The van der Waals surface area contributed by atoms with E-state index in [-0.39, 0.29) is 0 Å². The van der Waals surface area contributed by atoms with Gasteiger partial charge in [-0.05, 0) is 24.3 Å². The largest absolute Gasteiger partial charge is 0.129 e. The number of hydrogen-bond acceptors (Lipinski definition) is 1. The number of thioether (sulfide) groups is 1. The van der Waals surface area contributed by atoms with Gasteiger partial charge in [0.05, 0.1) is 0 Å². The minimum atomic E-state index is 1.08. The molecule has 0 saturated heterocycles. The molecule has 1 heteroatoms. The Morgan fingerprint density at radius 2 is 2.00 bits per heavy atom. The van der Waals surface area contributed by atoms with E-state index >= 15 is 0 Å². The standard InChI is InChI=1S/C12H16S/c1-3-11(2)9-13-10-12-7-5-4-6-8-12/h4-9H,3,10H2,1-2H3. The number of rotatable bonds is 4. The summed E-state index contributed by atoms with van der Waals surface area (Å²) in [4.78, 5) is 0. The average Bonchev–Trinajstić information content (AvgIpc) is 2.19. The highest BCUT2D eigenvalue weighted by molar-refractivity contribution is 8.01. The summed E-state index contributed by atoms with van der Waals surface area (Å²) in [5.41, 5.74) is 2.86. The van der Waals surface area contributed by atoms with Crippen molar-refractivity contribution >= 4 is 11.8 Å². The zero-order chi connectivity index (χ0) is 9.52. The van der Waals surface area contributed by atoms with E-state index in [1.807, 2.05) is 11.8 Å². The van der Waals surface area contributed by atoms with Crippen LogP contribution in [-0.2, 0) is 5.75 Å². The van der Waals surface area contributed by atoms with E-state index in [2.05, 4.69) is 49.6 Å². The molecule has 0 aliphatic rings. The van der Waals surface area contributed by atoms with Crippen molar-refractivity contribution in [3.05, 3.63) is 46.9 Å². The highest BCUT2D eigenvalue weighted by Gasteiger charge is 1.89. The highest BCUT2D eigenvalue weighted by Crippen LogP contribution is 2.15. The molecule has 0 spiro atoms. The summed E-state index contributed by atoms with van der Waals surface area (Å²) in [5.74, 6) is 1.08. The lowest BCUT2D eigenvalue weighted by Crippen LogP contribution is -1.76. The van der Waals surface area contributed by atoms with Crippen LogP contribution in [0.25, 0.3) is 0 Å². The van der Waals surface area contributed by atoms with Crippen LogP contribution in [0.4, 0.5) is 0 Å². The maximum atomic E-state index is 2.26. The summed E-state index contributed by atoms with van der Waals surface area (Å²) in [6, 6.07) is 10.6. The smallest absolute Gasteiger partial charge is 0.0226 e. The van der Waals surface area contributed by atoms with Gasteiger partial charge < -0.3 is 0 Å². The molecule has 0 fully saturated rings. The third-order valence-corrected chi connectivity index (χ3v) is 3.00. The Hall–Kier alpha value is -0.690. The van der Waals surface area contributed by atoms with Crippen molar-refractivity contribution in [2.24, 2.45) is 0 Å². The zero-order valence-corrected chi connectivity index (χ0v) is 9.10. The van der Waals surface area contributed by atoms with Crippen molar-refractivity contribution in [2.45, 2.75) is 26.0 Å². The van der Waals surface area contributed by atoms with Crippen molar-refractivity contribution in [2.75, 3.05) is 0 Å². The fraction of sp³-hybridized carbons (Fsp3) is 0.333. The SMILES string of the molecule is CCC(C)=CSCc1ccccc1. The first kappa shape index (κ1) is 10.4. The van der Waals surface area contributed by atoms with E-state index in [0.29, 0.717) is 0 Å². The first-order chi connectivity index (χ1) is 6.33. The van der Waals surface area contributed by atoms with Gasteiger partial charge in [-0.2, -0.15) is 0 Å². The van der Waals surface area contributed by atoms with Crippen LogP contribution in [0.1, 0.15) is 25.8 Å². The molecule has 0 unspecified atom stereocenters. The lowest BCUT2D eigenvalue weighted by atomic mass is 10.2. The Bertz CT molecular complexity index is 262. The molecule has 70 valence electrons. The van der Waals surface area contributed by atoms with Gasteiger partial charge in [-0.3, -0.25) is 0 Å². The predicted octanol–water partition coefficient (Wildman–Crippen LogP) is 4.23. The number of hydrogen-bond donors (Lipinski definition) is 0. The van der Waals surface area contributed by atoms with E-state index in [4.69, 9.17) is 0 Å². The van der Waals surface area contributed by atoms with Gasteiger partial charge in [0, 0.05) is 5.75 Å². The van der Waals surface area contributed by atoms with Gasteiger partial charge in [0.15, 0.2) is 0 Å². The van der Waals surface area contributed by atoms with E-state index in [1.165, 1.54) is 11.1 Å². The first-order valence-corrected chi connectivity index (χ1v) is 5.69. The van der Waals surface area contributed by atoms with Gasteiger partial charge >= 0.3 is 0 Å². The number of benzene rings is 1. The van der Waals surface area contributed by atoms with Gasteiger partial charge in [-0.15, -0.1) is 11.8 Å². The minimum Gasteiger partial charge on any atom is -0.129 e. The molecule has 0 radical (unpaired) electrons. The molecule has 0 bridgehead atoms. The number of allylic oxidation sites excluding steroid dienone is 1. The molecule has 13 heavy (non-hydrogen) atoms. The van der Waals surface area contributed by atoms with Crippen molar-refractivity contribution in [1.82, 2.24) is 0 Å². The second-order valence-electron chi connectivity index (χ2n) is 3.11. The van der Waals surface area contributed by atoms with Crippen LogP contribution in [-0.4, -0.2) is 0 Å². The topological polar surface area (TPSA) is 0 Å². The minimum absolute atomic E-state index is 1.08. The Morgan fingerprint density at radius 1 is 1.31 bits per heavy atom. The lowest BCUT2D eigenvalue weighted by Gasteiger charge is -1.98. The summed E-state index contributed by atoms with van der Waals surface area (Å²) in [7, 11) is 0. The van der Waals surface area contributed by atoms with Gasteiger partial charge in [-0.1, -0.05) is 42.8 Å². The predicted molar refractivity (Wildman–Crippen MR) is 61.8 cm³/mol. The van der Waals surface area contributed by atoms with Gasteiger partial charge in [0.1, 0.15) is 0 Å². The summed E-state index contributed by atoms with van der Waals surface area (Å²) < 4.78 is 0. The maximum absolute atomic E-state index is 2.26. The third kappa shape index (κ3) is 4.18. The monoisotopic (exact) mass is 192 g/mol. The molecular formula is C12H16S. The summed E-state index contributed by atoms with van der Waals surface area (Å²) in [6.45, 7) is 4.37. The maximum Gasteiger partial charge on any atom is 0.0226 e. The van der Waals surface area contributed by atoms with E-state index in [9.17, 15) is 0 Å². The Labute approximate surface area is 85.1 Å².